The van der Waals surface area contributed by atoms with Gasteiger partial charge in [-0.2, -0.15) is 4.74 Å². The topological polar surface area (TPSA) is 35.8 Å². The first-order chi connectivity index (χ1) is 8.39. The Hall–Kier alpha value is -1.35. The molecule has 1 fully saturated rings. The summed E-state index contributed by atoms with van der Waals surface area (Å²) in [6, 6.07) is 13.7. The Kier molecular flexibility index (Phi) is 2.85. The molecular formula is C12H13N2O2P. The Morgan fingerprint density at radius 3 is 2.24 bits per heavy atom. The van der Waals surface area contributed by atoms with Crippen LogP contribution in [0.2, 0.25) is 0 Å². The zero-order valence-corrected chi connectivity index (χ0v) is 10.2. The van der Waals surface area contributed by atoms with Gasteiger partial charge in [-0.05, 0) is 24.3 Å². The van der Waals surface area contributed by atoms with Gasteiger partial charge < -0.3 is 9.05 Å². The summed E-state index contributed by atoms with van der Waals surface area (Å²) in [6.45, 7) is 1.20. The average molecular weight is 248 g/mol. The lowest BCUT2D eigenvalue weighted by atomic mass is 10.3. The summed E-state index contributed by atoms with van der Waals surface area (Å²) in [6.07, 6.45) is 3.87. The van der Waals surface area contributed by atoms with E-state index in [1.807, 2.05) is 59.2 Å². The summed E-state index contributed by atoms with van der Waals surface area (Å²) in [7, 11) is -2.33. The normalized spacial score (nSPS) is 18.1. The molecule has 3 rings (SSSR count). The van der Waals surface area contributed by atoms with Crippen LogP contribution in [0, 0.1) is 0 Å². The minimum absolute atomic E-state index is 0.599. The highest BCUT2D eigenvalue weighted by Crippen LogP contribution is 2.58. The van der Waals surface area contributed by atoms with Gasteiger partial charge in [-0.1, -0.05) is 18.2 Å². The lowest BCUT2D eigenvalue weighted by Crippen LogP contribution is -1.93. The standard InChI is InChI=1S/C12H13N2O2P/c1-2-6-12(7-3-1)13-17(15-10-11-16-17)14-8-4-5-9-14/h1-9H,10-11H2. The van der Waals surface area contributed by atoms with Gasteiger partial charge in [0.2, 0.25) is 0 Å². The van der Waals surface area contributed by atoms with E-state index in [9.17, 15) is 0 Å². The molecule has 88 valence electrons. The molecule has 2 heterocycles. The van der Waals surface area contributed by atoms with E-state index in [2.05, 4.69) is 4.74 Å². The third-order valence-electron chi connectivity index (χ3n) is 2.48. The molecule has 0 saturated carbocycles. The molecule has 5 heteroatoms. The molecule has 1 aliphatic rings. The molecule has 1 saturated heterocycles. The molecule has 0 aliphatic carbocycles. The molecule has 0 radical (unpaired) electrons. The van der Waals surface area contributed by atoms with Crippen molar-refractivity contribution in [2.24, 2.45) is 4.74 Å². The van der Waals surface area contributed by atoms with Crippen LogP contribution in [0.5, 0.6) is 0 Å². The molecule has 0 N–H and O–H groups in total. The molecule has 0 amide bonds. The predicted octanol–water partition coefficient (Wildman–Crippen LogP) is 3.66. The van der Waals surface area contributed by atoms with E-state index < -0.39 is 7.66 Å². The van der Waals surface area contributed by atoms with Crippen LogP contribution in [0.15, 0.2) is 59.6 Å². The number of nitrogens with zero attached hydrogens (tertiary/aromatic N) is 2. The van der Waals surface area contributed by atoms with Crippen molar-refractivity contribution in [1.82, 2.24) is 4.34 Å². The summed E-state index contributed by atoms with van der Waals surface area (Å²) < 4.78 is 18.1. The largest absolute Gasteiger partial charge is 0.326 e. The SMILES string of the molecule is c1ccc(N=P2(n3cccc3)OCCO2)cc1. The van der Waals surface area contributed by atoms with Crippen molar-refractivity contribution < 1.29 is 9.05 Å². The Bertz CT molecular complexity index is 527. The van der Waals surface area contributed by atoms with E-state index in [4.69, 9.17) is 9.05 Å². The Morgan fingerprint density at radius 1 is 0.941 bits per heavy atom. The fourth-order valence-electron chi connectivity index (χ4n) is 1.73. The molecule has 0 unspecified atom stereocenters. The second-order valence-electron chi connectivity index (χ2n) is 3.66. The summed E-state index contributed by atoms with van der Waals surface area (Å²) in [4.78, 5) is 0. The molecule has 4 nitrogen and oxygen atoms in total. The maximum absolute atomic E-state index is 5.77. The van der Waals surface area contributed by atoms with Crippen molar-refractivity contribution in [3.8, 4) is 0 Å². The van der Waals surface area contributed by atoms with Crippen LogP contribution in [0.1, 0.15) is 0 Å². The van der Waals surface area contributed by atoms with E-state index >= 15 is 0 Å². The Labute approximate surface area is 100 Å². The van der Waals surface area contributed by atoms with E-state index in [0.29, 0.717) is 13.2 Å². The Morgan fingerprint density at radius 2 is 1.59 bits per heavy atom. The number of hydrogen-bond acceptors (Lipinski definition) is 3. The van der Waals surface area contributed by atoms with E-state index in [1.165, 1.54) is 0 Å². The fraction of sp³-hybridized carbons (Fsp3) is 0.167. The molecular weight excluding hydrogens is 235 g/mol. The van der Waals surface area contributed by atoms with Gasteiger partial charge in [0, 0.05) is 12.4 Å². The van der Waals surface area contributed by atoms with Gasteiger partial charge in [-0.3, -0.25) is 4.34 Å². The van der Waals surface area contributed by atoms with Gasteiger partial charge >= 0.3 is 7.66 Å². The predicted molar refractivity (Wildman–Crippen MR) is 67.2 cm³/mol. The van der Waals surface area contributed by atoms with Gasteiger partial charge in [0.25, 0.3) is 0 Å². The van der Waals surface area contributed by atoms with E-state index in [0.717, 1.165) is 5.69 Å². The zero-order chi connectivity index (χ0) is 11.6. The van der Waals surface area contributed by atoms with Gasteiger partial charge in [0.05, 0.1) is 18.9 Å². The minimum atomic E-state index is -2.33. The monoisotopic (exact) mass is 248 g/mol. The molecule has 0 bridgehead atoms. The zero-order valence-electron chi connectivity index (χ0n) is 9.27. The molecule has 0 spiro atoms. The van der Waals surface area contributed by atoms with E-state index in [1.54, 1.807) is 0 Å². The molecule has 0 atom stereocenters. The number of rotatable bonds is 2. The Balaban J connectivity index is 2.10. The smallest absolute Gasteiger partial charge is 0.305 e. The van der Waals surface area contributed by atoms with Crippen molar-refractivity contribution in [2.45, 2.75) is 0 Å². The quantitative estimate of drug-likeness (QED) is 0.760. The first-order valence-corrected chi connectivity index (χ1v) is 7.02. The molecule has 1 aliphatic heterocycles. The number of aromatic nitrogens is 1. The molecule has 1 aromatic carbocycles. The second-order valence-corrected chi connectivity index (χ2v) is 5.82. The van der Waals surface area contributed by atoms with Crippen LogP contribution < -0.4 is 0 Å². The summed E-state index contributed by atoms with van der Waals surface area (Å²) in [5, 5.41) is 0. The summed E-state index contributed by atoms with van der Waals surface area (Å²) in [5.41, 5.74) is 0.886. The van der Waals surface area contributed by atoms with Gasteiger partial charge in [0.1, 0.15) is 0 Å². The van der Waals surface area contributed by atoms with Crippen molar-refractivity contribution in [3.63, 3.8) is 0 Å². The van der Waals surface area contributed by atoms with Gasteiger partial charge in [0.15, 0.2) is 0 Å². The van der Waals surface area contributed by atoms with Crippen molar-refractivity contribution in [2.75, 3.05) is 13.2 Å². The van der Waals surface area contributed by atoms with Crippen LogP contribution in [0.4, 0.5) is 5.69 Å². The highest BCUT2D eigenvalue weighted by atomic mass is 31.2. The molecule has 1 aromatic heterocycles. The van der Waals surface area contributed by atoms with Gasteiger partial charge in [-0.15, -0.1) is 0 Å². The minimum Gasteiger partial charge on any atom is -0.305 e. The average Bonchev–Trinajstić information content (AvgIpc) is 3.01. The van der Waals surface area contributed by atoms with Gasteiger partial charge in [-0.25, -0.2) is 0 Å². The maximum Gasteiger partial charge on any atom is 0.326 e. The summed E-state index contributed by atoms with van der Waals surface area (Å²) in [5.74, 6) is 0. The second kappa shape index (κ2) is 4.49. The fourth-order valence-corrected chi connectivity index (χ4v) is 3.83. The first-order valence-electron chi connectivity index (χ1n) is 5.49. The van der Waals surface area contributed by atoms with Crippen LogP contribution in [-0.2, 0) is 9.05 Å². The summed E-state index contributed by atoms with van der Waals surface area (Å²) >= 11 is 0. The lowest BCUT2D eigenvalue weighted by molar-refractivity contribution is 0.365. The van der Waals surface area contributed by atoms with Crippen LogP contribution in [0.3, 0.4) is 0 Å². The first kappa shape index (κ1) is 10.8. The van der Waals surface area contributed by atoms with Crippen molar-refractivity contribution in [1.29, 1.82) is 0 Å². The number of benzene rings is 1. The van der Waals surface area contributed by atoms with Crippen LogP contribution in [0.25, 0.3) is 0 Å². The lowest BCUT2D eigenvalue weighted by Gasteiger charge is -2.17. The molecule has 17 heavy (non-hydrogen) atoms. The number of hydrogen-bond donors (Lipinski definition) is 0. The highest BCUT2D eigenvalue weighted by molar-refractivity contribution is 7.55. The van der Waals surface area contributed by atoms with Crippen molar-refractivity contribution >= 4 is 13.3 Å². The molecule has 2 aromatic rings. The van der Waals surface area contributed by atoms with E-state index in [-0.39, 0.29) is 0 Å². The van der Waals surface area contributed by atoms with Crippen LogP contribution >= 0.6 is 7.66 Å². The van der Waals surface area contributed by atoms with Crippen LogP contribution in [-0.4, -0.2) is 17.6 Å². The third-order valence-corrected chi connectivity index (χ3v) is 4.85. The third kappa shape index (κ3) is 2.07. The van der Waals surface area contributed by atoms with Crippen molar-refractivity contribution in [3.05, 3.63) is 54.9 Å². The highest BCUT2D eigenvalue weighted by Gasteiger charge is 2.29. The maximum atomic E-state index is 5.77.